The molecule has 4 rings (SSSR count). The molecule has 0 aliphatic heterocycles. The Morgan fingerprint density at radius 1 is 1.04 bits per heavy atom. The van der Waals surface area contributed by atoms with E-state index in [0.717, 1.165) is 11.1 Å². The first-order valence-electron chi connectivity index (χ1n) is 7.22. The maximum atomic E-state index is 6.11. The summed E-state index contributed by atoms with van der Waals surface area (Å²) in [5, 5.41) is 10.1. The van der Waals surface area contributed by atoms with Crippen molar-refractivity contribution in [1.82, 2.24) is 24.6 Å². The van der Waals surface area contributed by atoms with E-state index >= 15 is 0 Å². The summed E-state index contributed by atoms with van der Waals surface area (Å²) < 4.78 is 1.79. The first-order valence-corrected chi connectivity index (χ1v) is 7.97. The van der Waals surface area contributed by atoms with Gasteiger partial charge in [-0.05, 0) is 37.3 Å². The lowest BCUT2D eigenvalue weighted by Crippen LogP contribution is -2.13. The number of hydrogen-bond acceptors (Lipinski definition) is 5. The zero-order chi connectivity index (χ0) is 16.8. The van der Waals surface area contributed by atoms with E-state index in [4.69, 9.17) is 23.2 Å². The molecule has 120 valence electrons. The molecule has 0 atom stereocenters. The highest BCUT2D eigenvalue weighted by Gasteiger charge is 2.17. The average molecular weight is 359 g/mol. The maximum Gasteiger partial charge on any atom is 0.258 e. The van der Waals surface area contributed by atoms with Crippen LogP contribution in [0.15, 0.2) is 36.4 Å². The zero-order valence-corrected chi connectivity index (χ0v) is 14.4. The lowest BCUT2D eigenvalue weighted by atomic mass is 10.2. The Morgan fingerprint density at radius 2 is 1.88 bits per heavy atom. The van der Waals surface area contributed by atoms with Crippen LogP contribution in [0.3, 0.4) is 0 Å². The Kier molecular flexibility index (Phi) is 3.51. The minimum Gasteiger partial charge on any atom is -0.329 e. The second kappa shape index (κ2) is 5.58. The second-order valence-corrected chi connectivity index (χ2v) is 6.19. The monoisotopic (exact) mass is 358 g/mol. The van der Waals surface area contributed by atoms with Crippen LogP contribution in [0.5, 0.6) is 0 Å². The molecule has 0 saturated carbocycles. The van der Waals surface area contributed by atoms with E-state index in [-0.39, 0.29) is 0 Å². The Hall–Kier alpha value is -2.44. The van der Waals surface area contributed by atoms with E-state index in [2.05, 4.69) is 20.2 Å². The molecule has 6 nitrogen and oxygen atoms in total. The van der Waals surface area contributed by atoms with Crippen molar-refractivity contribution in [2.45, 2.75) is 6.92 Å². The number of aryl methyl sites for hydroxylation is 1. The van der Waals surface area contributed by atoms with Gasteiger partial charge in [-0.2, -0.15) is 4.98 Å². The normalized spacial score (nSPS) is 11.3. The third-order valence-electron chi connectivity index (χ3n) is 3.82. The van der Waals surface area contributed by atoms with Gasteiger partial charge in [0, 0.05) is 17.8 Å². The number of nitrogens with zero attached hydrogens (tertiary/aromatic N) is 6. The number of aromatic nitrogens is 5. The molecular weight excluding hydrogens is 347 g/mol. The summed E-state index contributed by atoms with van der Waals surface area (Å²) in [6, 6.07) is 11.2. The molecule has 8 heteroatoms. The highest BCUT2D eigenvalue weighted by atomic mass is 35.5. The largest absolute Gasteiger partial charge is 0.329 e. The van der Waals surface area contributed by atoms with Crippen LogP contribution in [-0.2, 0) is 0 Å². The van der Waals surface area contributed by atoms with Gasteiger partial charge in [-0.25, -0.2) is 9.38 Å². The molecule has 0 fully saturated rings. The fourth-order valence-corrected chi connectivity index (χ4v) is 2.99. The maximum absolute atomic E-state index is 6.11. The van der Waals surface area contributed by atoms with Gasteiger partial charge < -0.3 is 4.90 Å². The van der Waals surface area contributed by atoms with Crippen LogP contribution in [0.4, 0.5) is 11.5 Å². The molecular formula is C16H12Cl2N6. The van der Waals surface area contributed by atoms with E-state index in [1.54, 1.807) is 10.5 Å². The minimum absolute atomic E-state index is 0.402. The predicted molar refractivity (Wildman–Crippen MR) is 95.3 cm³/mol. The number of benzene rings is 1. The zero-order valence-electron chi connectivity index (χ0n) is 12.9. The molecule has 3 aromatic heterocycles. The quantitative estimate of drug-likeness (QED) is 0.505. The van der Waals surface area contributed by atoms with E-state index < -0.39 is 0 Å². The summed E-state index contributed by atoms with van der Waals surface area (Å²) in [5.41, 5.74) is 1.57. The third kappa shape index (κ3) is 2.35. The molecule has 0 aliphatic rings. The molecule has 0 aliphatic carbocycles. The number of hydrogen-bond donors (Lipinski definition) is 0. The summed E-state index contributed by atoms with van der Waals surface area (Å²) in [7, 11) is 1.92. The van der Waals surface area contributed by atoms with Crippen molar-refractivity contribution in [3.63, 3.8) is 0 Å². The Bertz CT molecular complexity index is 1070. The van der Waals surface area contributed by atoms with Crippen molar-refractivity contribution in [2.75, 3.05) is 11.9 Å². The molecule has 0 amide bonds. The van der Waals surface area contributed by atoms with Crippen LogP contribution in [0, 0.1) is 6.92 Å². The van der Waals surface area contributed by atoms with Crippen molar-refractivity contribution in [3.05, 3.63) is 52.4 Å². The van der Waals surface area contributed by atoms with Crippen molar-refractivity contribution < 1.29 is 0 Å². The van der Waals surface area contributed by atoms with Crippen LogP contribution >= 0.6 is 23.2 Å². The van der Waals surface area contributed by atoms with Gasteiger partial charge in [-0.15, -0.1) is 10.2 Å². The number of anilines is 2. The van der Waals surface area contributed by atoms with Crippen LogP contribution in [0.2, 0.25) is 10.2 Å². The second-order valence-electron chi connectivity index (χ2n) is 5.36. The molecule has 0 spiro atoms. The van der Waals surface area contributed by atoms with Gasteiger partial charge in [0.05, 0.1) is 5.39 Å². The van der Waals surface area contributed by atoms with Crippen molar-refractivity contribution in [3.8, 4) is 0 Å². The summed E-state index contributed by atoms with van der Waals surface area (Å²) >= 11 is 12.2. The standard InChI is InChI=1S/C16H12Cl2N6/c1-9-21-22-16-20-14(23(2)11-5-3-4-10(17)8-11)12-6-7-13(18)19-15(12)24(9)16/h3-8H,1-2H3. The molecule has 24 heavy (non-hydrogen) atoms. The highest BCUT2D eigenvalue weighted by molar-refractivity contribution is 6.31. The number of pyridine rings is 1. The van der Waals surface area contributed by atoms with Crippen molar-refractivity contribution in [1.29, 1.82) is 0 Å². The Balaban J connectivity index is 2.03. The molecule has 0 N–H and O–H groups in total. The van der Waals surface area contributed by atoms with Gasteiger partial charge in [0.25, 0.3) is 5.78 Å². The smallest absolute Gasteiger partial charge is 0.258 e. The van der Waals surface area contributed by atoms with E-state index in [0.29, 0.717) is 33.2 Å². The fraction of sp³-hybridized carbons (Fsp3) is 0.125. The Labute approximate surface area is 147 Å². The summed E-state index contributed by atoms with van der Waals surface area (Å²) in [4.78, 5) is 11.0. The number of fused-ring (bicyclic) bond motifs is 3. The lowest BCUT2D eigenvalue weighted by Gasteiger charge is -2.20. The molecule has 0 radical (unpaired) electrons. The molecule has 3 heterocycles. The van der Waals surface area contributed by atoms with E-state index in [1.807, 2.05) is 49.2 Å². The summed E-state index contributed by atoms with van der Waals surface area (Å²) in [5.74, 6) is 1.88. The van der Waals surface area contributed by atoms with Crippen LogP contribution in [0.1, 0.15) is 5.82 Å². The van der Waals surface area contributed by atoms with Crippen LogP contribution in [0.25, 0.3) is 16.8 Å². The van der Waals surface area contributed by atoms with Gasteiger partial charge in [-0.1, -0.05) is 29.3 Å². The lowest BCUT2D eigenvalue weighted by molar-refractivity contribution is 1.01. The molecule has 0 bridgehead atoms. The van der Waals surface area contributed by atoms with Crippen LogP contribution < -0.4 is 4.90 Å². The van der Waals surface area contributed by atoms with E-state index in [9.17, 15) is 0 Å². The van der Waals surface area contributed by atoms with Gasteiger partial charge in [0.2, 0.25) is 0 Å². The van der Waals surface area contributed by atoms with Crippen molar-refractivity contribution in [2.24, 2.45) is 0 Å². The number of rotatable bonds is 2. The summed E-state index contributed by atoms with van der Waals surface area (Å²) in [6.45, 7) is 1.85. The molecule has 4 aromatic rings. The summed E-state index contributed by atoms with van der Waals surface area (Å²) in [6.07, 6.45) is 0. The van der Waals surface area contributed by atoms with Gasteiger partial charge in [0.1, 0.15) is 16.8 Å². The predicted octanol–water partition coefficient (Wildman–Crippen LogP) is 4.06. The molecule has 1 aromatic carbocycles. The highest BCUT2D eigenvalue weighted by Crippen LogP contribution is 2.31. The molecule has 0 saturated heterocycles. The topological polar surface area (TPSA) is 59.2 Å². The third-order valence-corrected chi connectivity index (χ3v) is 4.27. The van der Waals surface area contributed by atoms with E-state index in [1.165, 1.54) is 0 Å². The Morgan fingerprint density at radius 3 is 2.67 bits per heavy atom. The molecule has 0 unspecified atom stereocenters. The SMILES string of the molecule is Cc1nnc2nc(N(C)c3cccc(Cl)c3)c3ccc(Cl)nc3n12. The van der Waals surface area contributed by atoms with Gasteiger partial charge in [0.15, 0.2) is 5.65 Å². The fourth-order valence-electron chi connectivity index (χ4n) is 2.66. The first kappa shape index (κ1) is 15.1. The van der Waals surface area contributed by atoms with Gasteiger partial charge >= 0.3 is 0 Å². The minimum atomic E-state index is 0.402. The number of halogens is 2. The van der Waals surface area contributed by atoms with Crippen molar-refractivity contribution >= 4 is 51.5 Å². The average Bonchev–Trinajstić information content (AvgIpc) is 2.94. The van der Waals surface area contributed by atoms with Crippen LogP contribution in [-0.4, -0.2) is 31.6 Å². The first-order chi connectivity index (χ1) is 11.5. The van der Waals surface area contributed by atoms with Gasteiger partial charge in [-0.3, -0.25) is 0 Å².